The van der Waals surface area contributed by atoms with Crippen LogP contribution in [0.4, 0.5) is 5.69 Å². The number of allylic oxidation sites excluding steroid dienone is 1. The molecule has 5 aromatic rings. The van der Waals surface area contributed by atoms with Crippen molar-refractivity contribution in [1.82, 2.24) is 30.1 Å². The lowest BCUT2D eigenvalue weighted by atomic mass is 10.0. The molecule has 5 heterocycles. The van der Waals surface area contributed by atoms with Gasteiger partial charge in [-0.3, -0.25) is 15.1 Å². The van der Waals surface area contributed by atoms with Gasteiger partial charge in [-0.2, -0.15) is 5.10 Å². The van der Waals surface area contributed by atoms with Gasteiger partial charge < -0.3 is 10.3 Å². The highest BCUT2D eigenvalue weighted by atomic mass is 15.2. The topological polar surface area (TPSA) is 95.2 Å². The van der Waals surface area contributed by atoms with Gasteiger partial charge in [0.25, 0.3) is 0 Å². The first-order valence-electron chi connectivity index (χ1n) is 10.9. The molecule has 0 bridgehead atoms. The molecule has 158 valence electrons. The molecule has 0 unspecified atom stereocenters. The van der Waals surface area contributed by atoms with E-state index in [1.54, 1.807) is 6.20 Å². The average Bonchev–Trinajstić information content (AvgIpc) is 3.58. The lowest BCUT2D eigenvalue weighted by Crippen LogP contribution is -2.07. The number of anilines is 1. The Morgan fingerprint density at radius 3 is 2.75 bits per heavy atom. The van der Waals surface area contributed by atoms with Crippen LogP contribution in [-0.2, 0) is 0 Å². The van der Waals surface area contributed by atoms with Crippen molar-refractivity contribution >= 4 is 27.6 Å². The fourth-order valence-corrected chi connectivity index (χ4v) is 4.60. The Bertz CT molecular complexity index is 1410. The average molecular weight is 422 g/mol. The molecule has 1 saturated carbocycles. The zero-order chi connectivity index (χ0) is 21.5. The van der Waals surface area contributed by atoms with Gasteiger partial charge >= 0.3 is 0 Å². The summed E-state index contributed by atoms with van der Waals surface area (Å²) in [7, 11) is 0. The first kappa shape index (κ1) is 18.7. The number of H-pyrrole nitrogens is 2. The highest BCUT2D eigenvalue weighted by Gasteiger charge is 2.18. The zero-order valence-electron chi connectivity index (χ0n) is 17.6. The molecule has 0 spiro atoms. The van der Waals surface area contributed by atoms with Gasteiger partial charge in [0.2, 0.25) is 0 Å². The maximum Gasteiger partial charge on any atom is 0.181 e. The van der Waals surface area contributed by atoms with Crippen LogP contribution in [0.3, 0.4) is 0 Å². The largest absolute Gasteiger partial charge is 0.358 e. The van der Waals surface area contributed by atoms with Gasteiger partial charge in [-0.15, -0.1) is 0 Å². The number of aromatic amines is 2. The molecule has 0 amide bonds. The molecule has 0 radical (unpaired) electrons. The summed E-state index contributed by atoms with van der Waals surface area (Å²) in [6, 6.07) is 8.25. The van der Waals surface area contributed by atoms with Crippen molar-refractivity contribution in [3.8, 4) is 22.5 Å². The molecule has 7 nitrogen and oxygen atoms in total. The lowest BCUT2D eigenvalue weighted by Gasteiger charge is -2.15. The van der Waals surface area contributed by atoms with Crippen LogP contribution in [0.25, 0.3) is 44.5 Å². The predicted octanol–water partition coefficient (Wildman–Crippen LogP) is 5.68. The van der Waals surface area contributed by atoms with Gasteiger partial charge in [0.05, 0.1) is 23.3 Å². The van der Waals surface area contributed by atoms with Crippen LogP contribution in [0, 0.1) is 5.92 Å². The Kier molecular flexibility index (Phi) is 4.45. The number of rotatable bonds is 5. The fourth-order valence-electron chi connectivity index (χ4n) is 4.60. The third-order valence-corrected chi connectivity index (χ3v) is 6.32. The Balaban J connectivity index is 1.35. The normalized spacial score (nSPS) is 14.4. The maximum absolute atomic E-state index is 4.58. The highest BCUT2D eigenvalue weighted by Crippen LogP contribution is 2.33. The quantitative estimate of drug-likeness (QED) is 0.339. The molecule has 0 atom stereocenters. The summed E-state index contributed by atoms with van der Waals surface area (Å²) in [5, 5.41) is 13.0. The second kappa shape index (κ2) is 7.60. The fraction of sp³-hybridized carbons (Fsp3) is 0.200. The van der Waals surface area contributed by atoms with E-state index in [-0.39, 0.29) is 0 Å². The Morgan fingerprint density at radius 2 is 1.88 bits per heavy atom. The molecule has 0 aromatic carbocycles. The molecule has 1 fully saturated rings. The highest BCUT2D eigenvalue weighted by molar-refractivity contribution is 5.95. The lowest BCUT2D eigenvalue weighted by molar-refractivity contribution is 0.649. The molecule has 6 rings (SSSR count). The second-order valence-corrected chi connectivity index (χ2v) is 8.43. The molecule has 0 saturated heterocycles. The van der Waals surface area contributed by atoms with Gasteiger partial charge in [0, 0.05) is 57.9 Å². The van der Waals surface area contributed by atoms with Crippen molar-refractivity contribution in [2.45, 2.75) is 25.7 Å². The van der Waals surface area contributed by atoms with Crippen LogP contribution in [0.5, 0.6) is 0 Å². The van der Waals surface area contributed by atoms with Crippen molar-refractivity contribution in [1.29, 1.82) is 0 Å². The minimum absolute atomic E-state index is 0.552. The van der Waals surface area contributed by atoms with Crippen molar-refractivity contribution < 1.29 is 0 Å². The third-order valence-electron chi connectivity index (χ3n) is 6.32. The van der Waals surface area contributed by atoms with E-state index < -0.39 is 0 Å². The van der Waals surface area contributed by atoms with Crippen LogP contribution in [0.1, 0.15) is 25.7 Å². The monoisotopic (exact) mass is 421 g/mol. The van der Waals surface area contributed by atoms with E-state index >= 15 is 0 Å². The van der Waals surface area contributed by atoms with Crippen molar-refractivity contribution in [2.75, 3.05) is 5.32 Å². The number of hydrogen-bond donors (Lipinski definition) is 3. The summed E-state index contributed by atoms with van der Waals surface area (Å²) in [4.78, 5) is 16.7. The molecule has 32 heavy (non-hydrogen) atoms. The predicted molar refractivity (Wildman–Crippen MR) is 127 cm³/mol. The van der Waals surface area contributed by atoms with Gasteiger partial charge in [0.1, 0.15) is 0 Å². The summed E-state index contributed by atoms with van der Waals surface area (Å²) in [5.41, 5.74) is 7.59. The summed E-state index contributed by atoms with van der Waals surface area (Å²) < 4.78 is 0. The molecule has 1 aliphatic rings. The number of nitrogens with zero attached hydrogens (tertiary/aromatic N) is 4. The number of hydrogen-bond acceptors (Lipinski definition) is 5. The van der Waals surface area contributed by atoms with Crippen LogP contribution < -0.4 is 5.32 Å². The van der Waals surface area contributed by atoms with E-state index in [9.17, 15) is 0 Å². The molecule has 0 aliphatic heterocycles. The van der Waals surface area contributed by atoms with Gasteiger partial charge in [-0.25, -0.2) is 4.98 Å². The Hall–Kier alpha value is -4.00. The van der Waals surface area contributed by atoms with Gasteiger partial charge in [-0.1, -0.05) is 19.4 Å². The first-order chi connectivity index (χ1) is 15.7. The SMILES string of the molecule is C=C(Nc1cncc(-c2cnc3n[nH]c(-c4cc5cnccc5[nH]4)c3c2)c1)C1CCCC1. The Labute approximate surface area is 185 Å². The van der Waals surface area contributed by atoms with Crippen molar-refractivity contribution in [3.63, 3.8) is 0 Å². The third kappa shape index (κ3) is 3.32. The van der Waals surface area contributed by atoms with Crippen LogP contribution in [0.15, 0.2) is 67.5 Å². The first-order valence-corrected chi connectivity index (χ1v) is 10.9. The minimum Gasteiger partial charge on any atom is -0.358 e. The van der Waals surface area contributed by atoms with Crippen molar-refractivity contribution in [2.24, 2.45) is 5.92 Å². The number of pyridine rings is 3. The molecule has 7 heteroatoms. The summed E-state index contributed by atoms with van der Waals surface area (Å²) in [5.74, 6) is 0.552. The van der Waals surface area contributed by atoms with E-state index in [2.05, 4.69) is 60.2 Å². The number of fused-ring (bicyclic) bond motifs is 2. The number of nitrogens with one attached hydrogen (secondary N) is 3. The molecule has 1 aliphatic carbocycles. The zero-order valence-corrected chi connectivity index (χ0v) is 17.6. The minimum atomic E-state index is 0.552. The molecule has 3 N–H and O–H groups in total. The molecule has 5 aromatic heterocycles. The van der Waals surface area contributed by atoms with E-state index in [0.717, 1.165) is 50.2 Å². The van der Waals surface area contributed by atoms with Crippen LogP contribution in [-0.4, -0.2) is 30.1 Å². The van der Waals surface area contributed by atoms with E-state index in [1.165, 1.54) is 25.7 Å². The smallest absolute Gasteiger partial charge is 0.181 e. The summed E-state index contributed by atoms with van der Waals surface area (Å²) >= 11 is 0. The molecular formula is C25H23N7. The van der Waals surface area contributed by atoms with Crippen LogP contribution >= 0.6 is 0 Å². The van der Waals surface area contributed by atoms with E-state index in [4.69, 9.17) is 0 Å². The number of aromatic nitrogens is 6. The standard InChI is InChI=1S/C25H23N7/c1-15(16-4-2-3-5-16)29-20-8-17(11-27-14-20)18-9-21-24(31-32-25(21)28-13-18)23-10-19-12-26-7-6-22(19)30-23/h6-14,16,29-30H,1-5H2,(H,28,31,32). The molecular weight excluding hydrogens is 398 g/mol. The van der Waals surface area contributed by atoms with E-state index in [1.807, 2.05) is 30.9 Å². The second-order valence-electron chi connectivity index (χ2n) is 8.43. The Morgan fingerprint density at radius 1 is 1.00 bits per heavy atom. The van der Waals surface area contributed by atoms with Crippen molar-refractivity contribution in [3.05, 3.63) is 67.5 Å². The summed E-state index contributed by atoms with van der Waals surface area (Å²) in [6.45, 7) is 4.26. The van der Waals surface area contributed by atoms with Gasteiger partial charge in [-0.05, 0) is 43.0 Å². The van der Waals surface area contributed by atoms with Gasteiger partial charge in [0.15, 0.2) is 5.65 Å². The van der Waals surface area contributed by atoms with Crippen LogP contribution in [0.2, 0.25) is 0 Å². The summed E-state index contributed by atoms with van der Waals surface area (Å²) in [6.07, 6.45) is 14.2. The van der Waals surface area contributed by atoms with E-state index in [0.29, 0.717) is 11.6 Å². The maximum atomic E-state index is 4.58.